The Morgan fingerprint density at radius 1 is 0.810 bits per heavy atom. The Kier molecular flexibility index (Phi) is 17.8. The maximum atomic E-state index is 10.3. The monoisotopic (exact) mass is 301 g/mol. The second-order valence-corrected chi connectivity index (χ2v) is 6.08. The van der Waals surface area contributed by atoms with Gasteiger partial charge in [0.05, 0.1) is 19.3 Å². The summed E-state index contributed by atoms with van der Waals surface area (Å²) < 4.78 is 4.50. The van der Waals surface area contributed by atoms with Crippen molar-refractivity contribution in [3.05, 3.63) is 0 Å². The fraction of sp³-hybridized carbons (Fsp3) is 1.00. The van der Waals surface area contributed by atoms with Crippen molar-refractivity contribution in [1.82, 2.24) is 0 Å². The van der Waals surface area contributed by atoms with Gasteiger partial charge in [0.2, 0.25) is 0 Å². The normalized spacial score (nSPS) is 14.4. The van der Waals surface area contributed by atoms with Gasteiger partial charge in [-0.1, -0.05) is 77.6 Å². The lowest BCUT2D eigenvalue weighted by Crippen LogP contribution is -2.15. The zero-order valence-electron chi connectivity index (χ0n) is 14.2. The van der Waals surface area contributed by atoms with Crippen LogP contribution in [0, 0.1) is 0 Å². The molecule has 0 amide bonds. The molecular weight excluding hydrogens is 264 g/mol. The number of hydrogen-bond donors (Lipinski definition) is 1. The van der Waals surface area contributed by atoms with E-state index < -0.39 is 0 Å². The Bertz CT molecular complexity index is 181. The fourth-order valence-electron chi connectivity index (χ4n) is 2.32. The number of hydrogen-bond acceptors (Lipinski definition) is 3. The molecular formula is C18H37O3-. The quantitative estimate of drug-likeness (QED) is 0.392. The lowest BCUT2D eigenvalue weighted by Gasteiger charge is -2.11. The van der Waals surface area contributed by atoms with Crippen molar-refractivity contribution in [2.75, 3.05) is 19.8 Å². The van der Waals surface area contributed by atoms with E-state index in [4.69, 9.17) is 0 Å². The van der Waals surface area contributed by atoms with Crippen LogP contribution in [0.5, 0.6) is 0 Å². The van der Waals surface area contributed by atoms with Gasteiger partial charge in [0.15, 0.2) is 0 Å². The third-order valence-corrected chi connectivity index (χ3v) is 3.80. The molecule has 3 heteroatoms. The van der Waals surface area contributed by atoms with Crippen LogP contribution < -0.4 is 5.11 Å². The highest BCUT2D eigenvalue weighted by atomic mass is 16.6. The molecule has 1 aliphatic rings. The number of rotatable bonds is 14. The van der Waals surface area contributed by atoms with Crippen LogP contribution in [0.1, 0.15) is 90.4 Å². The molecule has 1 fully saturated rings. The van der Waals surface area contributed by atoms with Crippen LogP contribution >= 0.6 is 0 Å². The van der Waals surface area contributed by atoms with Crippen LogP contribution in [-0.4, -0.2) is 31.0 Å². The molecule has 0 bridgehead atoms. The molecule has 0 aromatic carbocycles. The molecule has 128 valence electrons. The average Bonchev–Trinajstić information content (AvgIpc) is 3.33. The van der Waals surface area contributed by atoms with Crippen molar-refractivity contribution < 1.29 is 14.9 Å². The minimum absolute atomic E-state index is 0.140. The topological polar surface area (TPSA) is 55.8 Å². The lowest BCUT2D eigenvalue weighted by molar-refractivity contribution is -0.371. The molecule has 0 aliphatic carbocycles. The highest BCUT2D eigenvalue weighted by molar-refractivity contribution is 4.55. The predicted octanol–water partition coefficient (Wildman–Crippen LogP) is 3.82. The first-order chi connectivity index (χ1) is 10.3. The molecule has 1 saturated heterocycles. The number of aliphatic hydroxyl groups is 1. The highest BCUT2D eigenvalue weighted by Crippen LogP contribution is 2.12. The van der Waals surface area contributed by atoms with E-state index >= 15 is 0 Å². The first-order valence-electron chi connectivity index (χ1n) is 9.15. The van der Waals surface area contributed by atoms with E-state index in [2.05, 4.69) is 11.7 Å². The van der Waals surface area contributed by atoms with Crippen molar-refractivity contribution in [3.8, 4) is 0 Å². The number of epoxide rings is 1. The largest absolute Gasteiger partial charge is 0.854 e. The molecule has 1 N–H and O–H groups in total. The second kappa shape index (κ2) is 17.9. The second-order valence-electron chi connectivity index (χ2n) is 6.08. The molecule has 0 radical (unpaired) electrons. The van der Waals surface area contributed by atoms with Gasteiger partial charge in [-0.3, -0.25) is 0 Å². The molecule has 1 atom stereocenters. The van der Waals surface area contributed by atoms with Gasteiger partial charge in [0.1, 0.15) is 0 Å². The van der Waals surface area contributed by atoms with Crippen LogP contribution in [0.2, 0.25) is 0 Å². The van der Waals surface area contributed by atoms with Crippen LogP contribution in [0.4, 0.5) is 0 Å². The van der Waals surface area contributed by atoms with Crippen molar-refractivity contribution in [1.29, 1.82) is 0 Å². The summed E-state index contributed by atoms with van der Waals surface area (Å²) >= 11 is 0. The Morgan fingerprint density at radius 2 is 1.24 bits per heavy atom. The molecule has 0 aromatic rings. The Balaban J connectivity index is 0.00000117. The van der Waals surface area contributed by atoms with Crippen molar-refractivity contribution >= 4 is 0 Å². The molecule has 3 nitrogen and oxygen atoms in total. The van der Waals surface area contributed by atoms with Gasteiger partial charge in [-0.15, -0.1) is 6.61 Å². The van der Waals surface area contributed by atoms with E-state index in [0.717, 1.165) is 26.1 Å². The molecule has 0 spiro atoms. The zero-order valence-corrected chi connectivity index (χ0v) is 14.2. The maximum Gasteiger partial charge on any atom is 0.0701 e. The zero-order chi connectivity index (χ0) is 15.6. The summed E-state index contributed by atoms with van der Waals surface area (Å²) in [7, 11) is 0. The smallest absolute Gasteiger partial charge is 0.0701 e. The van der Waals surface area contributed by atoms with Gasteiger partial charge in [-0.25, -0.2) is 0 Å². The highest BCUT2D eigenvalue weighted by Gasteiger charge is 2.00. The van der Waals surface area contributed by atoms with Gasteiger partial charge in [0, 0.05) is 0 Å². The van der Waals surface area contributed by atoms with Gasteiger partial charge < -0.3 is 14.9 Å². The minimum atomic E-state index is -0.346. The van der Waals surface area contributed by atoms with Gasteiger partial charge in [-0.05, 0) is 12.8 Å². The maximum absolute atomic E-state index is 10.3. The van der Waals surface area contributed by atoms with Gasteiger partial charge in [-0.2, -0.15) is 0 Å². The van der Waals surface area contributed by atoms with E-state index in [9.17, 15) is 10.2 Å². The van der Waals surface area contributed by atoms with E-state index in [1.165, 1.54) is 64.2 Å². The first kappa shape index (κ1) is 20.9. The molecule has 0 aromatic heterocycles. The summed E-state index contributed by atoms with van der Waals surface area (Å²) in [5.41, 5.74) is 0. The number of unbranched alkanes of at least 4 members (excludes halogenated alkanes) is 10. The number of ether oxygens (including phenoxy) is 1. The minimum Gasteiger partial charge on any atom is -0.854 e. The molecule has 1 aliphatic heterocycles. The third kappa shape index (κ3) is 22.3. The third-order valence-electron chi connectivity index (χ3n) is 3.80. The summed E-state index contributed by atoms with van der Waals surface area (Å²) in [6, 6.07) is 0. The van der Waals surface area contributed by atoms with Crippen molar-refractivity contribution in [2.24, 2.45) is 0 Å². The standard InChI is InChI=1S/C16H33O2.C2H4O/c1-2-3-4-5-6-7-8-9-10-11-12-13-16(18)14-15-17;1-2-3-1/h16,18H,2-15H2,1H3;1-2H2/q-1;. The van der Waals surface area contributed by atoms with Gasteiger partial charge in [0.25, 0.3) is 0 Å². The first-order valence-corrected chi connectivity index (χ1v) is 9.15. The lowest BCUT2D eigenvalue weighted by atomic mass is 10.0. The van der Waals surface area contributed by atoms with Crippen LogP contribution in [0.3, 0.4) is 0 Å². The van der Waals surface area contributed by atoms with E-state index in [1.54, 1.807) is 0 Å². The summed E-state index contributed by atoms with van der Waals surface area (Å²) in [5.74, 6) is 0. The summed E-state index contributed by atoms with van der Waals surface area (Å²) in [5, 5.41) is 19.7. The molecule has 0 saturated carbocycles. The molecule has 1 unspecified atom stereocenters. The number of aliphatic hydroxyl groups excluding tert-OH is 1. The Morgan fingerprint density at radius 3 is 1.62 bits per heavy atom. The van der Waals surface area contributed by atoms with E-state index in [1.807, 2.05) is 0 Å². The Hall–Kier alpha value is -0.120. The Labute approximate surface area is 132 Å². The molecule has 21 heavy (non-hydrogen) atoms. The van der Waals surface area contributed by atoms with Crippen LogP contribution in [-0.2, 0) is 4.74 Å². The average molecular weight is 301 g/mol. The molecule has 1 heterocycles. The van der Waals surface area contributed by atoms with Crippen molar-refractivity contribution in [3.63, 3.8) is 0 Å². The van der Waals surface area contributed by atoms with Crippen LogP contribution in [0.15, 0.2) is 0 Å². The fourth-order valence-corrected chi connectivity index (χ4v) is 2.32. The van der Waals surface area contributed by atoms with E-state index in [-0.39, 0.29) is 12.7 Å². The molecule has 1 rings (SSSR count). The van der Waals surface area contributed by atoms with E-state index in [0.29, 0.717) is 6.42 Å². The van der Waals surface area contributed by atoms with Crippen LogP contribution in [0.25, 0.3) is 0 Å². The predicted molar refractivity (Wildman–Crippen MR) is 87.4 cm³/mol. The summed E-state index contributed by atoms with van der Waals surface area (Å²) in [6.07, 6.45) is 15.5. The summed E-state index contributed by atoms with van der Waals surface area (Å²) in [4.78, 5) is 0. The van der Waals surface area contributed by atoms with Crippen molar-refractivity contribution in [2.45, 2.75) is 96.5 Å². The summed E-state index contributed by atoms with van der Waals surface area (Å²) in [6.45, 7) is 4.12. The SMILES string of the molecule is C1CO1.CCCCCCCCCCCCCC(O)CC[O-]. The van der Waals surface area contributed by atoms with Gasteiger partial charge >= 0.3 is 0 Å².